The summed E-state index contributed by atoms with van der Waals surface area (Å²) in [6.07, 6.45) is -0.0371. The first-order chi connectivity index (χ1) is 9.20. The second-order valence-electron chi connectivity index (χ2n) is 5.11. The van der Waals surface area contributed by atoms with Crippen LogP contribution in [0.25, 0.3) is 10.8 Å². The molecule has 2 aromatic rings. The van der Waals surface area contributed by atoms with Gasteiger partial charge in [-0.05, 0) is 45.9 Å². The number of fused-ring (bicyclic) bond motifs is 6. The monoisotopic (exact) mass is 250 g/mol. The van der Waals surface area contributed by atoms with Crippen molar-refractivity contribution in [2.75, 3.05) is 7.11 Å². The summed E-state index contributed by atoms with van der Waals surface area (Å²) in [5.74, 6) is 0.896. The molecule has 19 heavy (non-hydrogen) atoms. The van der Waals surface area contributed by atoms with Crippen LogP contribution in [0.4, 0.5) is 0 Å². The van der Waals surface area contributed by atoms with Crippen molar-refractivity contribution >= 4 is 10.8 Å². The molecule has 0 N–H and O–H groups in total. The standard InChI is InChI=1S/C17H14O2/c1-9-10(2)17-14-8-12-11(5-4-6-15(12)18-3)7-13(14)16(9)19-17/h4-8,16-17H,1-2H2,3H3. The second kappa shape index (κ2) is 3.49. The van der Waals surface area contributed by atoms with E-state index in [2.05, 4.69) is 31.4 Å². The third kappa shape index (κ3) is 1.24. The Morgan fingerprint density at radius 1 is 1.05 bits per heavy atom. The first kappa shape index (κ1) is 10.8. The molecule has 1 saturated heterocycles. The predicted molar refractivity (Wildman–Crippen MR) is 75.3 cm³/mol. The van der Waals surface area contributed by atoms with Crippen LogP contribution in [0.1, 0.15) is 23.3 Å². The molecule has 1 fully saturated rings. The molecule has 0 amide bonds. The zero-order valence-corrected chi connectivity index (χ0v) is 10.8. The summed E-state index contributed by atoms with van der Waals surface area (Å²) >= 11 is 0. The summed E-state index contributed by atoms with van der Waals surface area (Å²) in [6.45, 7) is 8.16. The van der Waals surface area contributed by atoms with Gasteiger partial charge < -0.3 is 9.47 Å². The van der Waals surface area contributed by atoms with Gasteiger partial charge >= 0.3 is 0 Å². The van der Waals surface area contributed by atoms with Crippen LogP contribution in [0, 0.1) is 0 Å². The van der Waals surface area contributed by atoms with Gasteiger partial charge in [-0.3, -0.25) is 0 Å². The van der Waals surface area contributed by atoms with Crippen LogP contribution in [-0.2, 0) is 4.74 Å². The number of methoxy groups -OCH3 is 1. The molecular formula is C17H14O2. The average molecular weight is 250 g/mol. The smallest absolute Gasteiger partial charge is 0.126 e. The molecule has 2 heteroatoms. The van der Waals surface area contributed by atoms with Gasteiger partial charge in [-0.15, -0.1) is 0 Å². The summed E-state index contributed by atoms with van der Waals surface area (Å²) in [6, 6.07) is 10.5. The molecule has 2 atom stereocenters. The van der Waals surface area contributed by atoms with Gasteiger partial charge in [0.05, 0.1) is 7.11 Å². The van der Waals surface area contributed by atoms with Crippen molar-refractivity contribution in [2.45, 2.75) is 12.2 Å². The Balaban J connectivity index is 2.03. The molecule has 2 heterocycles. The summed E-state index contributed by atoms with van der Waals surface area (Å²) < 4.78 is 11.4. The van der Waals surface area contributed by atoms with E-state index in [0.29, 0.717) is 0 Å². The van der Waals surface area contributed by atoms with E-state index in [1.807, 2.05) is 12.1 Å². The minimum atomic E-state index is -0.0261. The maximum Gasteiger partial charge on any atom is 0.126 e. The molecular weight excluding hydrogens is 236 g/mol. The summed E-state index contributed by atoms with van der Waals surface area (Å²) in [5, 5.41) is 2.30. The van der Waals surface area contributed by atoms with Crippen LogP contribution in [0.3, 0.4) is 0 Å². The van der Waals surface area contributed by atoms with Gasteiger partial charge in [0.2, 0.25) is 0 Å². The van der Waals surface area contributed by atoms with Crippen LogP contribution in [0.2, 0.25) is 0 Å². The normalized spacial score (nSPS) is 24.1. The number of rotatable bonds is 1. The van der Waals surface area contributed by atoms with Gasteiger partial charge in [0, 0.05) is 5.39 Å². The highest BCUT2D eigenvalue weighted by molar-refractivity contribution is 5.90. The Morgan fingerprint density at radius 3 is 2.42 bits per heavy atom. The van der Waals surface area contributed by atoms with Gasteiger partial charge in [0.1, 0.15) is 18.0 Å². The highest BCUT2D eigenvalue weighted by Gasteiger charge is 2.43. The topological polar surface area (TPSA) is 18.5 Å². The third-order valence-corrected chi connectivity index (χ3v) is 4.15. The van der Waals surface area contributed by atoms with Gasteiger partial charge in [-0.25, -0.2) is 0 Å². The van der Waals surface area contributed by atoms with Crippen molar-refractivity contribution in [3.8, 4) is 5.75 Å². The van der Waals surface area contributed by atoms with Crippen molar-refractivity contribution in [1.29, 1.82) is 0 Å². The molecule has 2 aliphatic rings. The lowest BCUT2D eigenvalue weighted by Gasteiger charge is -2.17. The van der Waals surface area contributed by atoms with Gasteiger partial charge in [0.15, 0.2) is 0 Å². The molecule has 2 unspecified atom stereocenters. The van der Waals surface area contributed by atoms with Crippen molar-refractivity contribution in [3.05, 3.63) is 65.8 Å². The fourth-order valence-electron chi connectivity index (χ4n) is 3.12. The molecule has 2 bridgehead atoms. The molecule has 0 saturated carbocycles. The second-order valence-corrected chi connectivity index (χ2v) is 5.11. The van der Waals surface area contributed by atoms with E-state index < -0.39 is 0 Å². The minimum Gasteiger partial charge on any atom is -0.496 e. The first-order valence-corrected chi connectivity index (χ1v) is 6.34. The van der Waals surface area contributed by atoms with E-state index >= 15 is 0 Å². The largest absolute Gasteiger partial charge is 0.496 e. The van der Waals surface area contributed by atoms with Crippen molar-refractivity contribution in [1.82, 2.24) is 0 Å². The SMILES string of the molecule is C=C1C(=C)C2OC1c1cc3cccc(OC)c3cc12. The maximum absolute atomic E-state index is 5.97. The van der Waals surface area contributed by atoms with Crippen molar-refractivity contribution < 1.29 is 9.47 Å². The maximum atomic E-state index is 5.97. The minimum absolute atomic E-state index is 0.0110. The number of ether oxygens (including phenoxy) is 2. The third-order valence-electron chi connectivity index (χ3n) is 4.15. The fraction of sp³-hybridized carbons (Fsp3) is 0.176. The van der Waals surface area contributed by atoms with E-state index in [0.717, 1.165) is 22.3 Å². The van der Waals surface area contributed by atoms with Crippen LogP contribution < -0.4 is 4.74 Å². The van der Waals surface area contributed by atoms with Gasteiger partial charge in [-0.1, -0.05) is 25.3 Å². The van der Waals surface area contributed by atoms with E-state index in [1.165, 1.54) is 16.5 Å². The molecule has 0 aromatic heterocycles. The van der Waals surface area contributed by atoms with E-state index in [4.69, 9.17) is 9.47 Å². The summed E-state index contributed by atoms with van der Waals surface area (Å²) in [5.41, 5.74) is 4.45. The molecule has 0 spiro atoms. The molecule has 0 aliphatic carbocycles. The summed E-state index contributed by atoms with van der Waals surface area (Å²) in [4.78, 5) is 0. The lowest BCUT2D eigenvalue weighted by atomic mass is 9.84. The quantitative estimate of drug-likeness (QED) is 0.759. The van der Waals surface area contributed by atoms with Crippen LogP contribution in [-0.4, -0.2) is 7.11 Å². The van der Waals surface area contributed by atoms with Crippen LogP contribution in [0.15, 0.2) is 54.6 Å². The number of hydrogen-bond acceptors (Lipinski definition) is 2. The summed E-state index contributed by atoms with van der Waals surface area (Å²) in [7, 11) is 1.70. The van der Waals surface area contributed by atoms with Crippen LogP contribution >= 0.6 is 0 Å². The Kier molecular flexibility index (Phi) is 1.99. The zero-order chi connectivity index (χ0) is 13.1. The Bertz CT molecular complexity index is 742. The lowest BCUT2D eigenvalue weighted by Crippen LogP contribution is -2.03. The lowest BCUT2D eigenvalue weighted by molar-refractivity contribution is 0.0905. The molecule has 2 aromatic carbocycles. The average Bonchev–Trinajstić information content (AvgIpc) is 2.93. The van der Waals surface area contributed by atoms with E-state index in [9.17, 15) is 0 Å². The molecule has 2 nitrogen and oxygen atoms in total. The number of hydrogen-bond donors (Lipinski definition) is 0. The molecule has 0 radical (unpaired) electrons. The van der Waals surface area contributed by atoms with Gasteiger partial charge in [-0.2, -0.15) is 0 Å². The van der Waals surface area contributed by atoms with E-state index in [1.54, 1.807) is 7.11 Å². The highest BCUT2D eigenvalue weighted by atomic mass is 16.5. The van der Waals surface area contributed by atoms with Gasteiger partial charge in [0.25, 0.3) is 0 Å². The predicted octanol–water partition coefficient (Wildman–Crippen LogP) is 4.09. The first-order valence-electron chi connectivity index (χ1n) is 6.34. The van der Waals surface area contributed by atoms with Crippen molar-refractivity contribution in [3.63, 3.8) is 0 Å². The highest BCUT2D eigenvalue weighted by Crippen LogP contribution is 2.56. The Hall–Kier alpha value is -2.06. The molecule has 2 aliphatic heterocycles. The zero-order valence-electron chi connectivity index (χ0n) is 10.8. The van der Waals surface area contributed by atoms with E-state index in [-0.39, 0.29) is 12.2 Å². The number of benzene rings is 2. The molecule has 94 valence electrons. The molecule has 4 rings (SSSR count). The van der Waals surface area contributed by atoms with Crippen molar-refractivity contribution in [2.24, 2.45) is 0 Å². The van der Waals surface area contributed by atoms with Crippen LogP contribution in [0.5, 0.6) is 5.75 Å². The fourth-order valence-corrected chi connectivity index (χ4v) is 3.12. The Labute approximate surface area is 112 Å². The Morgan fingerprint density at radius 2 is 1.74 bits per heavy atom.